The summed E-state index contributed by atoms with van der Waals surface area (Å²) >= 11 is 1.62. The number of amides is 1. The molecule has 0 saturated carbocycles. The van der Waals surface area contributed by atoms with Crippen molar-refractivity contribution in [3.05, 3.63) is 62.7 Å². The van der Waals surface area contributed by atoms with E-state index in [2.05, 4.69) is 15.6 Å². The van der Waals surface area contributed by atoms with E-state index in [0.29, 0.717) is 44.8 Å². The minimum absolute atomic E-state index is 0.0229. The van der Waals surface area contributed by atoms with Gasteiger partial charge in [0.1, 0.15) is 12.0 Å². The van der Waals surface area contributed by atoms with Crippen LogP contribution in [0.3, 0.4) is 0 Å². The van der Waals surface area contributed by atoms with Crippen molar-refractivity contribution in [2.75, 3.05) is 31.6 Å². The number of allylic oxidation sites excluding steroid dienone is 1. The van der Waals surface area contributed by atoms with Crippen molar-refractivity contribution in [3.8, 4) is 0 Å². The predicted molar refractivity (Wildman–Crippen MR) is 119 cm³/mol. The van der Waals surface area contributed by atoms with Crippen LogP contribution in [0.15, 0.2) is 47.7 Å². The number of carbonyl (C=O) groups excluding carboxylic acids is 1. The smallest absolute Gasteiger partial charge is 0.287 e. The molecule has 0 aliphatic carbocycles. The average molecular weight is 463 g/mol. The van der Waals surface area contributed by atoms with Gasteiger partial charge in [-0.1, -0.05) is 6.07 Å². The number of nitrogens with zero attached hydrogens (tertiary/aromatic N) is 2. The zero-order valence-corrected chi connectivity index (χ0v) is 18.3. The summed E-state index contributed by atoms with van der Waals surface area (Å²) in [5, 5.41) is 27.4. The minimum Gasteiger partial charge on any atom is -0.459 e. The highest BCUT2D eigenvalue weighted by atomic mass is 32.1. The van der Waals surface area contributed by atoms with Crippen LogP contribution < -0.4 is 10.6 Å². The molecule has 2 aromatic heterocycles. The highest BCUT2D eigenvalue weighted by Crippen LogP contribution is 2.33. The zero-order valence-electron chi connectivity index (χ0n) is 17.4. The lowest BCUT2D eigenvalue weighted by Crippen LogP contribution is -2.35. The topological polar surface area (TPSA) is 136 Å². The zero-order chi connectivity index (χ0) is 22.8. The van der Waals surface area contributed by atoms with Gasteiger partial charge >= 0.3 is 0 Å². The third-order valence-electron chi connectivity index (χ3n) is 4.72. The number of aromatic nitrogens is 1. The molecule has 2 atom stereocenters. The summed E-state index contributed by atoms with van der Waals surface area (Å²) in [4.78, 5) is 27.9. The van der Waals surface area contributed by atoms with Gasteiger partial charge in [-0.15, -0.1) is 11.3 Å². The molecule has 0 bridgehead atoms. The molecule has 32 heavy (non-hydrogen) atoms. The molecule has 172 valence electrons. The van der Waals surface area contributed by atoms with E-state index >= 15 is 0 Å². The molecular weight excluding hydrogens is 436 g/mol. The van der Waals surface area contributed by atoms with E-state index in [9.17, 15) is 14.9 Å². The molecule has 1 aliphatic heterocycles. The number of unbranched alkanes of at least 4 members (excludes halogenated alkanes) is 1. The van der Waals surface area contributed by atoms with Crippen LogP contribution in [0.4, 0.5) is 11.5 Å². The molecule has 3 N–H and O–H groups in total. The predicted octanol–water partition coefficient (Wildman–Crippen LogP) is 2.78. The number of pyridine rings is 1. The van der Waals surface area contributed by atoms with Crippen LogP contribution in [0.25, 0.3) is 0 Å². The quantitative estimate of drug-likeness (QED) is 0.249. The Hall–Kier alpha value is -3.02. The maximum Gasteiger partial charge on any atom is 0.287 e. The van der Waals surface area contributed by atoms with Gasteiger partial charge in [-0.3, -0.25) is 14.9 Å². The Bertz CT molecular complexity index is 904. The normalized spacial score (nSPS) is 17.8. The van der Waals surface area contributed by atoms with Crippen LogP contribution in [0.5, 0.6) is 0 Å². The van der Waals surface area contributed by atoms with Crippen LogP contribution in [0.1, 0.15) is 30.1 Å². The molecule has 0 aromatic carbocycles. The van der Waals surface area contributed by atoms with E-state index in [1.54, 1.807) is 11.3 Å². The number of thiophene rings is 1. The van der Waals surface area contributed by atoms with Crippen molar-refractivity contribution < 1.29 is 24.3 Å². The van der Waals surface area contributed by atoms with Crippen molar-refractivity contribution >= 4 is 28.7 Å². The number of anilines is 1. The van der Waals surface area contributed by atoms with E-state index in [4.69, 9.17) is 14.6 Å². The number of hydrogen-bond donors (Lipinski definition) is 3. The van der Waals surface area contributed by atoms with Gasteiger partial charge in [-0.2, -0.15) is 0 Å². The average Bonchev–Trinajstić information content (AvgIpc) is 3.35. The second kappa shape index (κ2) is 12.1. The van der Waals surface area contributed by atoms with E-state index < -0.39 is 11.2 Å². The van der Waals surface area contributed by atoms with Crippen LogP contribution >= 0.6 is 11.3 Å². The minimum atomic E-state index is -0.533. The molecule has 2 aromatic rings. The molecule has 0 radical (unpaired) electrons. The summed E-state index contributed by atoms with van der Waals surface area (Å²) in [6, 6.07) is 6.87. The van der Waals surface area contributed by atoms with Gasteiger partial charge in [0, 0.05) is 43.0 Å². The van der Waals surface area contributed by atoms with E-state index in [0.717, 1.165) is 4.88 Å². The van der Waals surface area contributed by atoms with Crippen LogP contribution in [0, 0.1) is 10.1 Å². The summed E-state index contributed by atoms with van der Waals surface area (Å²) in [6.45, 7) is 1.26. The fourth-order valence-corrected chi connectivity index (χ4v) is 3.91. The maximum atomic E-state index is 12.7. The van der Waals surface area contributed by atoms with Gasteiger partial charge in [0.15, 0.2) is 5.76 Å². The third-order valence-corrected chi connectivity index (χ3v) is 5.73. The summed E-state index contributed by atoms with van der Waals surface area (Å²) < 4.78 is 11.6. The van der Waals surface area contributed by atoms with Gasteiger partial charge in [-0.05, 0) is 36.4 Å². The Kier molecular flexibility index (Phi) is 8.96. The first-order chi connectivity index (χ1) is 15.6. The summed E-state index contributed by atoms with van der Waals surface area (Å²) in [6.07, 6.45) is 4.44. The second-order valence-electron chi connectivity index (χ2n) is 7.08. The lowest BCUT2D eigenvalue weighted by molar-refractivity contribution is -0.385. The van der Waals surface area contributed by atoms with Crippen LogP contribution in [0.2, 0.25) is 0 Å². The molecule has 3 rings (SSSR count). The number of aliphatic hydroxyl groups excluding tert-OH is 1. The Morgan fingerprint density at radius 3 is 2.91 bits per heavy atom. The van der Waals surface area contributed by atoms with E-state index in [1.165, 1.54) is 18.3 Å². The second-order valence-corrected chi connectivity index (χ2v) is 8.06. The Morgan fingerprint density at radius 1 is 1.34 bits per heavy atom. The molecule has 0 saturated heterocycles. The first kappa shape index (κ1) is 23.6. The van der Waals surface area contributed by atoms with Crippen LogP contribution in [-0.2, 0) is 14.3 Å². The molecule has 0 unspecified atom stereocenters. The van der Waals surface area contributed by atoms with Crippen molar-refractivity contribution in [1.29, 1.82) is 0 Å². The monoisotopic (exact) mass is 462 g/mol. The van der Waals surface area contributed by atoms with Crippen molar-refractivity contribution in [1.82, 2.24) is 10.3 Å². The fourth-order valence-electron chi connectivity index (χ4n) is 3.10. The number of nitrogens with one attached hydrogen (secondary N) is 2. The van der Waals surface area contributed by atoms with Crippen LogP contribution in [-0.4, -0.2) is 53.5 Å². The van der Waals surface area contributed by atoms with Gasteiger partial charge < -0.3 is 25.2 Å². The number of hydrogen-bond acceptors (Lipinski definition) is 9. The number of aliphatic hydroxyl groups is 1. The molecule has 11 heteroatoms. The Labute approximate surface area is 189 Å². The van der Waals surface area contributed by atoms with Gasteiger partial charge in [0.25, 0.3) is 11.6 Å². The summed E-state index contributed by atoms with van der Waals surface area (Å²) in [5.41, 5.74) is -0.0846. The first-order valence-corrected chi connectivity index (χ1v) is 11.2. The standard InChI is InChI=1S/C21H26N4O6S/c26-9-1-2-10-30-20-13-15(18-4-3-11-32-18)12-17(31-20)21(27)23-8-7-22-19-6-5-16(14-24-19)25(28)29/h3-6,11-12,14-15,20,26H,1-2,7-10,13H2,(H,22,24)(H,23,27)/t15-,20+/m0/s1. The first-order valence-electron chi connectivity index (χ1n) is 10.3. The van der Waals surface area contributed by atoms with Crippen molar-refractivity contribution in [2.24, 2.45) is 0 Å². The maximum absolute atomic E-state index is 12.7. The molecule has 10 nitrogen and oxygen atoms in total. The molecule has 1 amide bonds. The Morgan fingerprint density at radius 2 is 2.22 bits per heavy atom. The lowest BCUT2D eigenvalue weighted by Gasteiger charge is -2.28. The number of ether oxygens (including phenoxy) is 2. The number of rotatable bonds is 12. The van der Waals surface area contributed by atoms with Crippen molar-refractivity contribution in [3.63, 3.8) is 0 Å². The lowest BCUT2D eigenvalue weighted by atomic mass is 9.99. The summed E-state index contributed by atoms with van der Waals surface area (Å²) in [5.74, 6) is 0.380. The van der Waals surface area contributed by atoms with Gasteiger partial charge in [0.2, 0.25) is 6.29 Å². The molecular formula is C21H26N4O6S. The summed E-state index contributed by atoms with van der Waals surface area (Å²) in [7, 11) is 0. The Balaban J connectivity index is 1.51. The third kappa shape index (κ3) is 7.01. The van der Waals surface area contributed by atoms with Gasteiger partial charge in [-0.25, -0.2) is 4.98 Å². The number of nitro groups is 1. The number of carbonyl (C=O) groups is 1. The molecule has 0 fully saturated rings. The highest BCUT2D eigenvalue weighted by molar-refractivity contribution is 7.10. The van der Waals surface area contributed by atoms with Gasteiger partial charge in [0.05, 0.1) is 11.5 Å². The fraction of sp³-hybridized carbons (Fsp3) is 0.429. The molecule has 3 heterocycles. The van der Waals surface area contributed by atoms with Crippen molar-refractivity contribution in [2.45, 2.75) is 31.5 Å². The molecule has 1 aliphatic rings. The largest absolute Gasteiger partial charge is 0.459 e. The van der Waals surface area contributed by atoms with E-state index in [-0.39, 0.29) is 29.9 Å². The highest BCUT2D eigenvalue weighted by Gasteiger charge is 2.29. The van der Waals surface area contributed by atoms with E-state index in [1.807, 2.05) is 23.6 Å². The molecule has 0 spiro atoms. The SMILES string of the molecule is O=C(NCCNc1ccc([N+](=O)[O-])cn1)C1=C[C@H](c2cccs2)C[C@H](OCCCCO)O1.